The third kappa shape index (κ3) is 2.82. The highest BCUT2D eigenvalue weighted by atomic mass is 19.1. The Morgan fingerprint density at radius 1 is 1.33 bits per heavy atom. The van der Waals surface area contributed by atoms with Gasteiger partial charge in [-0.15, -0.1) is 5.10 Å². The summed E-state index contributed by atoms with van der Waals surface area (Å²) >= 11 is 0. The van der Waals surface area contributed by atoms with Crippen LogP contribution in [0.1, 0.15) is 11.4 Å². The van der Waals surface area contributed by atoms with Crippen molar-refractivity contribution >= 4 is 17.5 Å². The van der Waals surface area contributed by atoms with Gasteiger partial charge in [-0.25, -0.2) is 9.37 Å². The summed E-state index contributed by atoms with van der Waals surface area (Å²) in [5.41, 5.74) is 1.07. The van der Waals surface area contributed by atoms with Crippen molar-refractivity contribution in [2.75, 3.05) is 17.7 Å². The normalized spacial score (nSPS) is 10.2. The number of rotatable bonds is 4. The Labute approximate surface area is 136 Å². The first-order valence-corrected chi connectivity index (χ1v) is 6.89. The molecule has 2 aromatic heterocycles. The summed E-state index contributed by atoms with van der Waals surface area (Å²) in [6, 6.07) is 6.36. The first-order chi connectivity index (χ1) is 11.6. The summed E-state index contributed by atoms with van der Waals surface area (Å²) in [6.45, 7) is 1.67. The van der Waals surface area contributed by atoms with Gasteiger partial charge in [0.1, 0.15) is 29.0 Å². The van der Waals surface area contributed by atoms with Crippen LogP contribution in [0.15, 0.2) is 24.4 Å². The van der Waals surface area contributed by atoms with Gasteiger partial charge in [-0.3, -0.25) is 0 Å². The molecule has 2 heterocycles. The van der Waals surface area contributed by atoms with E-state index in [2.05, 4.69) is 36.1 Å². The predicted octanol–water partition coefficient (Wildman–Crippen LogP) is 1.56. The molecular formula is C14H12FN9. The number of hydrogen-bond donors (Lipinski definition) is 2. The molecule has 0 unspecified atom stereocenters. The predicted molar refractivity (Wildman–Crippen MR) is 83.4 cm³/mol. The van der Waals surface area contributed by atoms with Crippen molar-refractivity contribution in [1.29, 1.82) is 5.26 Å². The van der Waals surface area contributed by atoms with Gasteiger partial charge < -0.3 is 10.6 Å². The molecule has 3 rings (SSSR count). The van der Waals surface area contributed by atoms with Gasteiger partial charge in [0.05, 0.1) is 6.20 Å². The topological polar surface area (TPSA) is 117 Å². The molecule has 120 valence electrons. The van der Waals surface area contributed by atoms with Crippen LogP contribution in [0.2, 0.25) is 0 Å². The minimum Gasteiger partial charge on any atom is -0.372 e. The molecule has 0 radical (unpaired) electrons. The van der Waals surface area contributed by atoms with Gasteiger partial charge in [-0.1, -0.05) is 0 Å². The summed E-state index contributed by atoms with van der Waals surface area (Å²) in [7, 11) is 1.66. The van der Waals surface area contributed by atoms with Crippen molar-refractivity contribution in [3.05, 3.63) is 41.6 Å². The van der Waals surface area contributed by atoms with E-state index in [4.69, 9.17) is 5.26 Å². The number of aromatic nitrogens is 6. The fraction of sp³-hybridized carbons (Fsp3) is 0.143. The summed E-state index contributed by atoms with van der Waals surface area (Å²) in [5, 5.41) is 25.8. The highest BCUT2D eigenvalue weighted by Gasteiger charge is 2.12. The number of hydrogen-bond acceptors (Lipinski definition) is 8. The van der Waals surface area contributed by atoms with Gasteiger partial charge >= 0.3 is 0 Å². The lowest BCUT2D eigenvalue weighted by Gasteiger charge is -2.10. The average Bonchev–Trinajstić information content (AvgIpc) is 3.02. The van der Waals surface area contributed by atoms with Crippen LogP contribution in [-0.4, -0.2) is 37.2 Å². The van der Waals surface area contributed by atoms with E-state index in [1.54, 1.807) is 26.1 Å². The molecular weight excluding hydrogens is 313 g/mol. The number of anilines is 3. The second-order valence-electron chi connectivity index (χ2n) is 4.75. The van der Waals surface area contributed by atoms with Crippen molar-refractivity contribution in [2.24, 2.45) is 0 Å². The van der Waals surface area contributed by atoms with Crippen LogP contribution in [-0.2, 0) is 0 Å². The largest absolute Gasteiger partial charge is 0.372 e. The SMILES string of the molecule is CNc1nc(Nc2ccc(F)c(-n3nnnc3C)c2)ncc1C#N. The average molecular weight is 325 g/mol. The molecule has 0 aliphatic carbocycles. The molecule has 0 saturated heterocycles. The van der Waals surface area contributed by atoms with E-state index in [1.807, 2.05) is 6.07 Å². The molecule has 0 bridgehead atoms. The highest BCUT2D eigenvalue weighted by Crippen LogP contribution is 2.22. The molecule has 10 heteroatoms. The molecule has 24 heavy (non-hydrogen) atoms. The highest BCUT2D eigenvalue weighted by molar-refractivity contribution is 5.60. The Bertz CT molecular complexity index is 928. The number of nitrogens with one attached hydrogen (secondary N) is 2. The summed E-state index contributed by atoms with van der Waals surface area (Å²) in [5.74, 6) is 0.656. The van der Waals surface area contributed by atoms with E-state index in [9.17, 15) is 4.39 Å². The lowest BCUT2D eigenvalue weighted by Crippen LogP contribution is -2.05. The molecule has 0 fully saturated rings. The summed E-state index contributed by atoms with van der Waals surface area (Å²) in [4.78, 5) is 8.25. The van der Waals surface area contributed by atoms with Crippen molar-refractivity contribution in [3.63, 3.8) is 0 Å². The molecule has 0 aliphatic heterocycles. The van der Waals surface area contributed by atoms with Crippen LogP contribution >= 0.6 is 0 Å². The first kappa shape index (κ1) is 15.3. The fourth-order valence-corrected chi connectivity index (χ4v) is 2.05. The molecule has 1 aromatic carbocycles. The number of nitriles is 1. The fourth-order valence-electron chi connectivity index (χ4n) is 2.05. The molecule has 0 saturated carbocycles. The lowest BCUT2D eigenvalue weighted by atomic mass is 10.2. The van der Waals surface area contributed by atoms with Gasteiger partial charge in [0.15, 0.2) is 5.82 Å². The quantitative estimate of drug-likeness (QED) is 0.742. The van der Waals surface area contributed by atoms with E-state index in [1.165, 1.54) is 16.9 Å². The van der Waals surface area contributed by atoms with Crippen LogP contribution < -0.4 is 10.6 Å². The zero-order valence-electron chi connectivity index (χ0n) is 12.8. The minimum atomic E-state index is -0.465. The second kappa shape index (κ2) is 6.25. The Kier molecular flexibility index (Phi) is 3.98. The van der Waals surface area contributed by atoms with Gasteiger partial charge in [-0.2, -0.15) is 14.9 Å². The van der Waals surface area contributed by atoms with Crippen LogP contribution in [0.25, 0.3) is 5.69 Å². The van der Waals surface area contributed by atoms with Crippen molar-refractivity contribution < 1.29 is 4.39 Å². The van der Waals surface area contributed by atoms with Gasteiger partial charge in [0.2, 0.25) is 5.95 Å². The first-order valence-electron chi connectivity index (χ1n) is 6.89. The maximum atomic E-state index is 14.0. The van der Waals surface area contributed by atoms with Crippen LogP contribution in [0.5, 0.6) is 0 Å². The minimum absolute atomic E-state index is 0.199. The third-order valence-corrected chi connectivity index (χ3v) is 3.20. The molecule has 9 nitrogen and oxygen atoms in total. The monoisotopic (exact) mass is 325 g/mol. The summed E-state index contributed by atoms with van der Waals surface area (Å²) in [6.07, 6.45) is 1.40. The lowest BCUT2D eigenvalue weighted by molar-refractivity contribution is 0.605. The summed E-state index contributed by atoms with van der Waals surface area (Å²) < 4.78 is 15.3. The third-order valence-electron chi connectivity index (χ3n) is 3.20. The zero-order valence-corrected chi connectivity index (χ0v) is 12.8. The Balaban J connectivity index is 1.94. The van der Waals surface area contributed by atoms with Gasteiger partial charge in [-0.05, 0) is 35.5 Å². The van der Waals surface area contributed by atoms with Crippen molar-refractivity contribution in [3.8, 4) is 11.8 Å². The molecule has 0 atom stereocenters. The van der Waals surface area contributed by atoms with Crippen molar-refractivity contribution in [2.45, 2.75) is 6.92 Å². The number of halogens is 1. The van der Waals surface area contributed by atoms with Crippen molar-refractivity contribution in [1.82, 2.24) is 30.2 Å². The Hall–Kier alpha value is -3.61. The Morgan fingerprint density at radius 3 is 2.83 bits per heavy atom. The van der Waals surface area contributed by atoms with E-state index in [-0.39, 0.29) is 11.6 Å². The van der Waals surface area contributed by atoms with Crippen LogP contribution in [0.3, 0.4) is 0 Å². The van der Waals surface area contributed by atoms with E-state index in [0.29, 0.717) is 22.9 Å². The molecule has 0 amide bonds. The van der Waals surface area contributed by atoms with E-state index < -0.39 is 5.82 Å². The number of tetrazole rings is 1. The van der Waals surface area contributed by atoms with E-state index in [0.717, 1.165) is 0 Å². The number of benzene rings is 1. The standard InChI is InChI=1S/C14H12FN9/c1-8-21-22-23-24(8)12-5-10(3-4-11(12)15)19-14-18-7-9(6-16)13(17-2)20-14/h3-5,7H,1-2H3,(H2,17,18,19,20). The maximum absolute atomic E-state index is 14.0. The number of aryl methyl sites for hydroxylation is 1. The van der Waals surface area contributed by atoms with Crippen LogP contribution in [0.4, 0.5) is 21.8 Å². The molecule has 0 aliphatic rings. The maximum Gasteiger partial charge on any atom is 0.229 e. The Morgan fingerprint density at radius 2 is 2.17 bits per heavy atom. The van der Waals surface area contributed by atoms with Gasteiger partial charge in [0.25, 0.3) is 0 Å². The molecule has 0 spiro atoms. The molecule has 2 N–H and O–H groups in total. The van der Waals surface area contributed by atoms with E-state index >= 15 is 0 Å². The van der Waals surface area contributed by atoms with Gasteiger partial charge in [0, 0.05) is 12.7 Å². The molecule has 3 aromatic rings. The second-order valence-corrected chi connectivity index (χ2v) is 4.75. The smallest absolute Gasteiger partial charge is 0.229 e. The number of nitrogens with zero attached hydrogens (tertiary/aromatic N) is 7. The van der Waals surface area contributed by atoms with Crippen LogP contribution in [0, 0.1) is 24.1 Å². The zero-order chi connectivity index (χ0) is 17.1.